The maximum absolute atomic E-state index is 10.7. The number of hydrazone groups is 1. The fourth-order valence-electron chi connectivity index (χ4n) is 1.85. The molecule has 104 valence electrons. The molecule has 6 nitrogen and oxygen atoms in total. The van der Waals surface area contributed by atoms with Crippen molar-refractivity contribution in [1.82, 2.24) is 9.78 Å². The third-order valence-corrected chi connectivity index (χ3v) is 2.89. The Hall–Kier alpha value is -2.63. The van der Waals surface area contributed by atoms with Gasteiger partial charge < -0.3 is 5.11 Å². The van der Waals surface area contributed by atoms with Crippen LogP contribution in [0.5, 0.6) is 0 Å². The number of carbonyl (C=O) groups is 1. The molecule has 20 heavy (non-hydrogen) atoms. The first-order valence-corrected chi connectivity index (χ1v) is 6.11. The van der Waals surface area contributed by atoms with Gasteiger partial charge in [-0.2, -0.15) is 10.2 Å². The molecular weight excluding hydrogens is 256 g/mol. The highest BCUT2D eigenvalue weighted by atomic mass is 16.4. The number of carboxylic acid groups (broad SMARTS) is 1. The van der Waals surface area contributed by atoms with E-state index in [-0.39, 0.29) is 5.56 Å². The average Bonchev–Trinajstić information content (AvgIpc) is 2.75. The van der Waals surface area contributed by atoms with Crippen LogP contribution in [0.25, 0.3) is 0 Å². The Kier molecular flexibility index (Phi) is 3.84. The van der Waals surface area contributed by atoms with Crippen LogP contribution in [-0.2, 0) is 7.05 Å². The summed E-state index contributed by atoms with van der Waals surface area (Å²) < 4.78 is 1.74. The number of hydrogen-bond acceptors (Lipinski definition) is 4. The number of anilines is 1. The van der Waals surface area contributed by atoms with Gasteiger partial charge in [0.2, 0.25) is 0 Å². The summed E-state index contributed by atoms with van der Waals surface area (Å²) in [4.78, 5) is 10.7. The van der Waals surface area contributed by atoms with Gasteiger partial charge in [0, 0.05) is 18.8 Å². The van der Waals surface area contributed by atoms with Crippen LogP contribution in [-0.4, -0.2) is 26.6 Å². The summed E-state index contributed by atoms with van der Waals surface area (Å²) in [5, 5.41) is 17.4. The van der Waals surface area contributed by atoms with E-state index in [1.807, 2.05) is 27.1 Å². The predicted octanol–water partition coefficient (Wildman–Crippen LogP) is 2.26. The van der Waals surface area contributed by atoms with E-state index in [0.29, 0.717) is 0 Å². The maximum atomic E-state index is 10.7. The first kappa shape index (κ1) is 13.8. The van der Waals surface area contributed by atoms with Crippen molar-refractivity contribution in [3.8, 4) is 0 Å². The van der Waals surface area contributed by atoms with Crippen molar-refractivity contribution in [2.45, 2.75) is 13.8 Å². The molecule has 1 heterocycles. The molecule has 0 aliphatic carbocycles. The minimum atomic E-state index is -0.942. The van der Waals surface area contributed by atoms with Crippen LogP contribution in [0.4, 0.5) is 5.69 Å². The van der Waals surface area contributed by atoms with Gasteiger partial charge in [-0.3, -0.25) is 10.1 Å². The minimum Gasteiger partial charge on any atom is -0.478 e. The second kappa shape index (κ2) is 5.56. The lowest BCUT2D eigenvalue weighted by Crippen LogP contribution is -2.01. The summed E-state index contributed by atoms with van der Waals surface area (Å²) in [6, 6.07) is 6.42. The lowest BCUT2D eigenvalue weighted by atomic mass is 10.2. The van der Waals surface area contributed by atoms with Crippen molar-refractivity contribution in [2.24, 2.45) is 12.1 Å². The zero-order chi connectivity index (χ0) is 14.7. The maximum Gasteiger partial charge on any atom is 0.335 e. The molecule has 2 rings (SSSR count). The zero-order valence-corrected chi connectivity index (χ0v) is 11.6. The molecule has 0 spiro atoms. The van der Waals surface area contributed by atoms with Gasteiger partial charge in [-0.1, -0.05) is 0 Å². The summed E-state index contributed by atoms with van der Waals surface area (Å²) in [5.41, 5.74) is 6.59. The van der Waals surface area contributed by atoms with Gasteiger partial charge in [-0.25, -0.2) is 4.79 Å². The smallest absolute Gasteiger partial charge is 0.335 e. The Labute approximate surface area is 116 Å². The van der Waals surface area contributed by atoms with Gasteiger partial charge >= 0.3 is 5.97 Å². The Morgan fingerprint density at radius 3 is 2.50 bits per heavy atom. The van der Waals surface area contributed by atoms with Crippen LogP contribution in [0, 0.1) is 6.92 Å². The minimum absolute atomic E-state index is 0.249. The Balaban J connectivity index is 2.12. The normalized spacial score (nSPS) is 11.4. The van der Waals surface area contributed by atoms with Crippen molar-refractivity contribution < 1.29 is 9.90 Å². The molecule has 0 saturated heterocycles. The largest absolute Gasteiger partial charge is 0.478 e. The number of hydrogen-bond donors (Lipinski definition) is 2. The van der Waals surface area contributed by atoms with Gasteiger partial charge in [0.15, 0.2) is 0 Å². The second-order valence-corrected chi connectivity index (χ2v) is 4.49. The molecule has 0 atom stereocenters. The molecule has 1 aromatic carbocycles. The molecule has 0 radical (unpaired) electrons. The summed E-state index contributed by atoms with van der Waals surface area (Å²) in [5.74, 6) is -0.942. The van der Waals surface area contributed by atoms with Gasteiger partial charge in [0.25, 0.3) is 0 Å². The molecule has 0 saturated carbocycles. The quantitative estimate of drug-likeness (QED) is 0.661. The number of nitrogens with one attached hydrogen (secondary N) is 1. The average molecular weight is 272 g/mol. The van der Waals surface area contributed by atoms with E-state index in [4.69, 9.17) is 5.11 Å². The highest BCUT2D eigenvalue weighted by Gasteiger charge is 2.06. The number of aromatic nitrogens is 2. The Bertz CT molecular complexity index is 656. The SMILES string of the molecule is CC(=NNc1ccc(C(=O)O)cc1)c1cn(C)nc1C. The van der Waals surface area contributed by atoms with Crippen molar-refractivity contribution >= 4 is 17.4 Å². The third-order valence-electron chi connectivity index (χ3n) is 2.89. The summed E-state index contributed by atoms with van der Waals surface area (Å²) in [6.45, 7) is 3.82. The summed E-state index contributed by atoms with van der Waals surface area (Å²) >= 11 is 0. The summed E-state index contributed by atoms with van der Waals surface area (Å²) in [7, 11) is 1.86. The van der Waals surface area contributed by atoms with E-state index in [1.165, 1.54) is 12.1 Å². The summed E-state index contributed by atoms with van der Waals surface area (Å²) in [6.07, 6.45) is 1.91. The molecule has 6 heteroatoms. The van der Waals surface area contributed by atoms with Crippen LogP contribution >= 0.6 is 0 Å². The van der Waals surface area contributed by atoms with Crippen LogP contribution in [0.1, 0.15) is 28.5 Å². The van der Waals surface area contributed by atoms with Crippen LogP contribution < -0.4 is 5.43 Å². The zero-order valence-electron chi connectivity index (χ0n) is 11.6. The molecular formula is C14H16N4O2. The van der Waals surface area contributed by atoms with E-state index in [9.17, 15) is 4.79 Å². The van der Waals surface area contributed by atoms with Crippen LogP contribution in [0.3, 0.4) is 0 Å². The highest BCUT2D eigenvalue weighted by Crippen LogP contribution is 2.11. The van der Waals surface area contributed by atoms with Gasteiger partial charge in [-0.05, 0) is 38.1 Å². The molecule has 0 bridgehead atoms. The number of aromatic carboxylic acids is 1. The van der Waals surface area contributed by atoms with E-state index in [1.54, 1.807) is 16.8 Å². The molecule has 0 aliphatic rings. The number of rotatable bonds is 4. The standard InChI is InChI=1S/C14H16N4O2/c1-9(13-8-18(3)17-10(13)2)15-16-12-6-4-11(5-7-12)14(19)20/h4-8,16H,1-3H3,(H,19,20). The van der Waals surface area contributed by atoms with Crippen LogP contribution in [0.15, 0.2) is 35.6 Å². The van der Waals surface area contributed by atoms with Crippen molar-refractivity contribution in [3.63, 3.8) is 0 Å². The lowest BCUT2D eigenvalue weighted by Gasteiger charge is -2.03. The molecule has 0 amide bonds. The van der Waals surface area contributed by atoms with Crippen LogP contribution in [0.2, 0.25) is 0 Å². The first-order valence-electron chi connectivity index (χ1n) is 6.11. The molecule has 2 aromatic rings. The Morgan fingerprint density at radius 1 is 1.35 bits per heavy atom. The van der Waals surface area contributed by atoms with E-state index in [2.05, 4.69) is 15.6 Å². The number of carboxylic acids is 1. The fourth-order valence-corrected chi connectivity index (χ4v) is 1.85. The van der Waals surface area contributed by atoms with Gasteiger partial charge in [0.1, 0.15) is 0 Å². The predicted molar refractivity (Wildman–Crippen MR) is 77.2 cm³/mol. The van der Waals surface area contributed by atoms with E-state index in [0.717, 1.165) is 22.7 Å². The van der Waals surface area contributed by atoms with E-state index < -0.39 is 5.97 Å². The van der Waals surface area contributed by atoms with Crippen molar-refractivity contribution in [3.05, 3.63) is 47.3 Å². The third kappa shape index (κ3) is 3.03. The number of nitrogens with zero attached hydrogens (tertiary/aromatic N) is 3. The highest BCUT2D eigenvalue weighted by molar-refractivity contribution is 5.99. The molecule has 0 fully saturated rings. The Morgan fingerprint density at radius 2 is 2.00 bits per heavy atom. The van der Waals surface area contributed by atoms with Gasteiger partial charge in [-0.15, -0.1) is 0 Å². The van der Waals surface area contributed by atoms with Crippen molar-refractivity contribution in [1.29, 1.82) is 0 Å². The number of aryl methyl sites for hydroxylation is 2. The van der Waals surface area contributed by atoms with Crippen molar-refractivity contribution in [2.75, 3.05) is 5.43 Å². The molecule has 0 aliphatic heterocycles. The second-order valence-electron chi connectivity index (χ2n) is 4.49. The topological polar surface area (TPSA) is 79.5 Å². The van der Waals surface area contributed by atoms with E-state index >= 15 is 0 Å². The monoisotopic (exact) mass is 272 g/mol. The molecule has 2 N–H and O–H groups in total. The molecule has 0 unspecified atom stereocenters. The molecule has 1 aromatic heterocycles. The first-order chi connectivity index (χ1) is 9.47. The lowest BCUT2D eigenvalue weighted by molar-refractivity contribution is 0.0697. The number of benzene rings is 1. The van der Waals surface area contributed by atoms with Gasteiger partial charge in [0.05, 0.1) is 22.7 Å². The fraction of sp³-hybridized carbons (Fsp3) is 0.214.